The molecular formula is C12H16BrN3O3S. The summed E-state index contributed by atoms with van der Waals surface area (Å²) in [5.74, 6) is -0.291. The van der Waals surface area contributed by atoms with Crippen molar-refractivity contribution in [2.24, 2.45) is 0 Å². The van der Waals surface area contributed by atoms with Gasteiger partial charge in [-0.2, -0.15) is 4.72 Å². The summed E-state index contributed by atoms with van der Waals surface area (Å²) >= 11 is 3.23. The highest BCUT2D eigenvalue weighted by Crippen LogP contribution is 2.26. The summed E-state index contributed by atoms with van der Waals surface area (Å²) in [6.45, 7) is 2.22. The average molecular weight is 362 g/mol. The molecule has 1 fully saturated rings. The first kappa shape index (κ1) is 15.3. The minimum absolute atomic E-state index is 0.0859. The average Bonchev–Trinajstić information content (AvgIpc) is 2.36. The Bertz CT molecular complexity index is 646. The molecule has 1 aliphatic heterocycles. The SMILES string of the molecule is Cc1c(N)cc(Br)cc1S(=O)(=O)NC1CCCNC1=O. The van der Waals surface area contributed by atoms with E-state index in [1.54, 1.807) is 13.0 Å². The topological polar surface area (TPSA) is 101 Å². The molecule has 1 aromatic carbocycles. The Morgan fingerprint density at radius 2 is 2.15 bits per heavy atom. The molecule has 0 aliphatic carbocycles. The van der Waals surface area contributed by atoms with Gasteiger partial charge in [-0.15, -0.1) is 0 Å². The molecule has 0 spiro atoms. The predicted octanol–water partition coefficient (Wildman–Crippen LogP) is 0.897. The van der Waals surface area contributed by atoms with Crippen LogP contribution in [0.5, 0.6) is 0 Å². The Labute approximate surface area is 126 Å². The van der Waals surface area contributed by atoms with Gasteiger partial charge in [-0.25, -0.2) is 8.42 Å². The Hall–Kier alpha value is -1.12. The lowest BCUT2D eigenvalue weighted by Crippen LogP contribution is -2.50. The van der Waals surface area contributed by atoms with Gasteiger partial charge in [-0.05, 0) is 37.5 Å². The number of rotatable bonds is 3. The van der Waals surface area contributed by atoms with Crippen molar-refractivity contribution in [1.82, 2.24) is 10.0 Å². The maximum absolute atomic E-state index is 12.4. The summed E-state index contributed by atoms with van der Waals surface area (Å²) in [6.07, 6.45) is 1.24. The molecule has 0 aromatic heterocycles. The summed E-state index contributed by atoms with van der Waals surface area (Å²) in [4.78, 5) is 11.7. The van der Waals surface area contributed by atoms with Crippen LogP contribution in [-0.4, -0.2) is 26.9 Å². The van der Waals surface area contributed by atoms with Crippen molar-refractivity contribution in [3.8, 4) is 0 Å². The third-order valence-electron chi connectivity index (χ3n) is 3.24. The van der Waals surface area contributed by atoms with Crippen molar-refractivity contribution in [3.05, 3.63) is 22.2 Å². The maximum Gasteiger partial charge on any atom is 0.241 e. The van der Waals surface area contributed by atoms with Gasteiger partial charge in [0.2, 0.25) is 15.9 Å². The first-order valence-electron chi connectivity index (χ1n) is 6.17. The molecule has 1 aromatic rings. The van der Waals surface area contributed by atoms with Gasteiger partial charge in [-0.1, -0.05) is 15.9 Å². The van der Waals surface area contributed by atoms with Gasteiger partial charge in [0.05, 0.1) is 4.90 Å². The van der Waals surface area contributed by atoms with Crippen LogP contribution in [0.4, 0.5) is 5.69 Å². The number of nitrogens with one attached hydrogen (secondary N) is 2. The van der Waals surface area contributed by atoms with Gasteiger partial charge in [0.15, 0.2) is 0 Å². The van der Waals surface area contributed by atoms with E-state index in [9.17, 15) is 13.2 Å². The number of anilines is 1. The van der Waals surface area contributed by atoms with Gasteiger partial charge >= 0.3 is 0 Å². The van der Waals surface area contributed by atoms with Crippen LogP contribution in [0, 0.1) is 6.92 Å². The van der Waals surface area contributed by atoms with Crippen LogP contribution in [0.1, 0.15) is 18.4 Å². The van der Waals surface area contributed by atoms with Crippen molar-refractivity contribution in [3.63, 3.8) is 0 Å². The summed E-state index contributed by atoms with van der Waals surface area (Å²) in [5.41, 5.74) is 6.63. The molecule has 110 valence electrons. The van der Waals surface area contributed by atoms with Crippen molar-refractivity contribution in [1.29, 1.82) is 0 Å². The summed E-state index contributed by atoms with van der Waals surface area (Å²) in [5, 5.41) is 2.64. The summed E-state index contributed by atoms with van der Waals surface area (Å²) < 4.78 is 27.8. The number of carbonyl (C=O) groups is 1. The predicted molar refractivity (Wildman–Crippen MR) is 79.6 cm³/mol. The van der Waals surface area contributed by atoms with Gasteiger partial charge in [-0.3, -0.25) is 4.79 Å². The van der Waals surface area contributed by atoms with Gasteiger partial charge in [0.25, 0.3) is 0 Å². The van der Waals surface area contributed by atoms with E-state index < -0.39 is 16.1 Å². The Morgan fingerprint density at radius 1 is 1.45 bits per heavy atom. The lowest BCUT2D eigenvalue weighted by atomic mass is 10.1. The number of carbonyl (C=O) groups excluding carboxylic acids is 1. The second kappa shape index (κ2) is 5.71. The lowest BCUT2D eigenvalue weighted by Gasteiger charge is -2.23. The van der Waals surface area contributed by atoms with Crippen LogP contribution >= 0.6 is 15.9 Å². The first-order valence-corrected chi connectivity index (χ1v) is 8.44. The van der Waals surface area contributed by atoms with E-state index in [2.05, 4.69) is 26.0 Å². The van der Waals surface area contributed by atoms with Gasteiger partial charge in [0, 0.05) is 16.7 Å². The number of halogens is 1. The monoisotopic (exact) mass is 361 g/mol. The lowest BCUT2D eigenvalue weighted by molar-refractivity contribution is -0.124. The fourth-order valence-corrected chi connectivity index (χ4v) is 4.25. The van der Waals surface area contributed by atoms with Crippen molar-refractivity contribution >= 4 is 37.5 Å². The first-order chi connectivity index (χ1) is 9.31. The number of piperidine rings is 1. The molecular weight excluding hydrogens is 346 g/mol. The van der Waals surface area contributed by atoms with E-state index >= 15 is 0 Å². The van der Waals surface area contributed by atoms with Crippen LogP contribution in [-0.2, 0) is 14.8 Å². The second-order valence-electron chi connectivity index (χ2n) is 4.73. The summed E-state index contributed by atoms with van der Waals surface area (Å²) in [6, 6.07) is 2.39. The van der Waals surface area contributed by atoms with E-state index in [0.717, 1.165) is 6.42 Å². The smallest absolute Gasteiger partial charge is 0.241 e. The Balaban J connectivity index is 2.33. The van der Waals surface area contributed by atoms with Gasteiger partial charge < -0.3 is 11.1 Å². The zero-order valence-electron chi connectivity index (χ0n) is 10.9. The zero-order valence-corrected chi connectivity index (χ0v) is 13.3. The van der Waals surface area contributed by atoms with Crippen LogP contribution < -0.4 is 15.8 Å². The quantitative estimate of drug-likeness (QED) is 0.696. The molecule has 2 rings (SSSR count). The van der Waals surface area contributed by atoms with Crippen molar-refractivity contribution < 1.29 is 13.2 Å². The number of amides is 1. The zero-order chi connectivity index (χ0) is 14.9. The second-order valence-corrected chi connectivity index (χ2v) is 7.32. The number of nitrogen functional groups attached to an aromatic ring is 1. The highest BCUT2D eigenvalue weighted by molar-refractivity contribution is 9.10. The molecule has 1 unspecified atom stereocenters. The molecule has 1 heterocycles. The van der Waals surface area contributed by atoms with Crippen molar-refractivity contribution in [2.75, 3.05) is 12.3 Å². The standard InChI is InChI=1S/C12H16BrN3O3S/c1-7-9(14)5-8(13)6-11(7)20(18,19)16-10-3-2-4-15-12(10)17/h5-6,10,16H,2-4,14H2,1H3,(H,15,17). The number of benzene rings is 1. The number of nitrogens with two attached hydrogens (primary N) is 1. The molecule has 0 radical (unpaired) electrons. The van der Waals surface area contributed by atoms with E-state index in [-0.39, 0.29) is 10.8 Å². The molecule has 1 amide bonds. The van der Waals surface area contributed by atoms with Gasteiger partial charge in [0.1, 0.15) is 6.04 Å². The fraction of sp³-hybridized carbons (Fsp3) is 0.417. The minimum atomic E-state index is -3.79. The Kier molecular flexibility index (Phi) is 4.36. The van der Waals surface area contributed by atoms with Crippen LogP contribution in [0.2, 0.25) is 0 Å². The van der Waals surface area contributed by atoms with Crippen LogP contribution in [0.25, 0.3) is 0 Å². The maximum atomic E-state index is 12.4. The van der Waals surface area contributed by atoms with Crippen LogP contribution in [0.15, 0.2) is 21.5 Å². The summed E-state index contributed by atoms with van der Waals surface area (Å²) in [7, 11) is -3.79. The molecule has 6 nitrogen and oxygen atoms in total. The number of hydrogen-bond donors (Lipinski definition) is 3. The largest absolute Gasteiger partial charge is 0.398 e. The van der Waals surface area contributed by atoms with Crippen molar-refractivity contribution in [2.45, 2.75) is 30.7 Å². The van der Waals surface area contributed by atoms with E-state index in [1.807, 2.05) is 0 Å². The van der Waals surface area contributed by atoms with E-state index in [0.29, 0.717) is 28.7 Å². The highest BCUT2D eigenvalue weighted by Gasteiger charge is 2.29. The highest BCUT2D eigenvalue weighted by atomic mass is 79.9. The number of sulfonamides is 1. The number of hydrogen-bond acceptors (Lipinski definition) is 4. The molecule has 1 atom stereocenters. The molecule has 1 saturated heterocycles. The molecule has 20 heavy (non-hydrogen) atoms. The normalized spacial score (nSPS) is 19.7. The molecule has 0 saturated carbocycles. The minimum Gasteiger partial charge on any atom is -0.398 e. The third kappa shape index (κ3) is 3.13. The molecule has 0 bridgehead atoms. The third-order valence-corrected chi connectivity index (χ3v) is 5.29. The fourth-order valence-electron chi connectivity index (χ4n) is 2.09. The Morgan fingerprint density at radius 3 is 2.80 bits per heavy atom. The van der Waals surface area contributed by atoms with E-state index in [1.165, 1.54) is 6.07 Å². The molecule has 4 N–H and O–H groups in total. The van der Waals surface area contributed by atoms with E-state index in [4.69, 9.17) is 5.73 Å². The van der Waals surface area contributed by atoms with Crippen LogP contribution in [0.3, 0.4) is 0 Å². The molecule has 1 aliphatic rings. The molecule has 8 heteroatoms.